The lowest BCUT2D eigenvalue weighted by Crippen LogP contribution is -1.86. The second kappa shape index (κ2) is 6.46. The van der Waals surface area contributed by atoms with Crippen LogP contribution in [0.15, 0.2) is 91.0 Å². The van der Waals surface area contributed by atoms with E-state index in [1.54, 1.807) is 0 Å². The van der Waals surface area contributed by atoms with Gasteiger partial charge in [0, 0.05) is 0 Å². The molecular weight excluding hydrogens is 348 g/mol. The highest BCUT2D eigenvalue weighted by Gasteiger charge is 2.11. The molecule has 0 aliphatic heterocycles. The predicted molar refractivity (Wildman–Crippen MR) is 127 cm³/mol. The highest BCUT2D eigenvalue weighted by molar-refractivity contribution is 6.14. The first-order valence-electron chi connectivity index (χ1n) is 10.2. The Kier molecular flexibility index (Phi) is 3.64. The van der Waals surface area contributed by atoms with Crippen molar-refractivity contribution in [2.75, 3.05) is 0 Å². The van der Waals surface area contributed by atoms with Crippen LogP contribution in [-0.4, -0.2) is 0 Å². The third kappa shape index (κ3) is 2.77. The van der Waals surface area contributed by atoms with Gasteiger partial charge in [-0.05, 0) is 79.2 Å². The molecule has 136 valence electrons. The molecule has 0 amide bonds. The Morgan fingerprint density at radius 2 is 1.38 bits per heavy atom. The van der Waals surface area contributed by atoms with Crippen molar-refractivity contribution in [3.63, 3.8) is 0 Å². The van der Waals surface area contributed by atoms with Gasteiger partial charge >= 0.3 is 0 Å². The first-order valence-corrected chi connectivity index (χ1v) is 10.2. The SMILES string of the molecule is C1=Cc2c(ccc3c2ccc2cc4cc(/C=C/c5ccccc5)ccc4cc23)C1. The summed E-state index contributed by atoms with van der Waals surface area (Å²) in [6, 6.07) is 31.0. The van der Waals surface area contributed by atoms with Crippen LogP contribution in [0.3, 0.4) is 0 Å². The van der Waals surface area contributed by atoms with Crippen molar-refractivity contribution < 1.29 is 0 Å². The molecule has 0 N–H and O–H groups in total. The number of fused-ring (bicyclic) bond motifs is 6. The summed E-state index contributed by atoms with van der Waals surface area (Å²) in [5.41, 5.74) is 5.28. The van der Waals surface area contributed by atoms with Crippen LogP contribution < -0.4 is 0 Å². The van der Waals surface area contributed by atoms with E-state index in [1.165, 1.54) is 54.6 Å². The quantitative estimate of drug-likeness (QED) is 0.169. The number of allylic oxidation sites excluding steroid dienone is 1. The van der Waals surface area contributed by atoms with E-state index < -0.39 is 0 Å². The van der Waals surface area contributed by atoms with Crippen LogP contribution >= 0.6 is 0 Å². The smallest absolute Gasteiger partial charge is 0.00879 e. The van der Waals surface area contributed by atoms with E-state index in [4.69, 9.17) is 0 Å². The van der Waals surface area contributed by atoms with Crippen LogP contribution in [0.2, 0.25) is 0 Å². The lowest BCUT2D eigenvalue weighted by atomic mass is 9.94. The molecule has 0 nitrogen and oxygen atoms in total. The summed E-state index contributed by atoms with van der Waals surface area (Å²) in [7, 11) is 0. The molecule has 0 atom stereocenters. The maximum atomic E-state index is 2.35. The van der Waals surface area contributed by atoms with E-state index in [0.717, 1.165) is 6.42 Å². The minimum Gasteiger partial charge on any atom is -0.0795 e. The summed E-state index contributed by atoms with van der Waals surface area (Å²) in [5.74, 6) is 0. The Balaban J connectivity index is 1.49. The van der Waals surface area contributed by atoms with Gasteiger partial charge in [-0.25, -0.2) is 0 Å². The molecule has 0 unspecified atom stereocenters. The Morgan fingerprint density at radius 3 is 2.31 bits per heavy atom. The van der Waals surface area contributed by atoms with Gasteiger partial charge in [0.1, 0.15) is 0 Å². The molecule has 29 heavy (non-hydrogen) atoms. The summed E-state index contributed by atoms with van der Waals surface area (Å²) >= 11 is 0. The molecule has 5 aromatic rings. The second-order valence-corrected chi connectivity index (χ2v) is 7.83. The van der Waals surface area contributed by atoms with E-state index in [1.807, 2.05) is 6.07 Å². The zero-order valence-electron chi connectivity index (χ0n) is 16.1. The van der Waals surface area contributed by atoms with Gasteiger partial charge < -0.3 is 0 Å². The van der Waals surface area contributed by atoms with Gasteiger partial charge in [-0.2, -0.15) is 0 Å². The second-order valence-electron chi connectivity index (χ2n) is 7.83. The molecule has 0 aromatic heterocycles. The Labute approximate surface area is 170 Å². The molecule has 5 aromatic carbocycles. The van der Waals surface area contributed by atoms with E-state index in [2.05, 4.69) is 103 Å². The van der Waals surface area contributed by atoms with E-state index in [9.17, 15) is 0 Å². The Bertz CT molecular complexity index is 1450. The molecule has 0 saturated carbocycles. The zero-order valence-corrected chi connectivity index (χ0v) is 16.1. The molecule has 6 rings (SSSR count). The number of hydrogen-bond donors (Lipinski definition) is 0. The van der Waals surface area contributed by atoms with Crippen molar-refractivity contribution in [2.45, 2.75) is 6.42 Å². The van der Waals surface area contributed by atoms with Gasteiger partial charge in [0.25, 0.3) is 0 Å². The van der Waals surface area contributed by atoms with Gasteiger partial charge in [-0.3, -0.25) is 0 Å². The summed E-state index contributed by atoms with van der Waals surface area (Å²) in [6.07, 6.45) is 9.95. The van der Waals surface area contributed by atoms with Gasteiger partial charge in [-0.1, -0.05) is 91.0 Å². The van der Waals surface area contributed by atoms with Gasteiger partial charge in [0.15, 0.2) is 0 Å². The largest absolute Gasteiger partial charge is 0.0795 e. The predicted octanol–water partition coefficient (Wildman–Crippen LogP) is 7.89. The fraction of sp³-hybridized carbons (Fsp3) is 0.0345. The fourth-order valence-electron chi connectivity index (χ4n) is 4.51. The van der Waals surface area contributed by atoms with Crippen molar-refractivity contribution in [3.05, 3.63) is 113 Å². The molecule has 0 saturated heterocycles. The Morgan fingerprint density at radius 1 is 0.552 bits per heavy atom. The van der Waals surface area contributed by atoms with Crippen molar-refractivity contribution >= 4 is 50.5 Å². The lowest BCUT2D eigenvalue weighted by Gasteiger charge is -2.10. The average molecular weight is 368 g/mol. The highest BCUT2D eigenvalue weighted by atomic mass is 14.1. The molecular formula is C29H20. The summed E-state index contributed by atoms with van der Waals surface area (Å²) in [6.45, 7) is 0. The zero-order chi connectivity index (χ0) is 19.2. The van der Waals surface area contributed by atoms with Crippen LogP contribution in [0.5, 0.6) is 0 Å². The molecule has 0 bridgehead atoms. The third-order valence-corrected chi connectivity index (χ3v) is 6.02. The standard InChI is InChI=1S/C29H20/c1-2-5-20(6-3-1)9-10-21-11-12-23-19-29-24(18-25(23)17-21)14-16-27-26-8-4-7-22(26)13-15-28(27)29/h1-6,8-19H,7H2/b10-9+. The first-order chi connectivity index (χ1) is 14.3. The summed E-state index contributed by atoms with van der Waals surface area (Å²) in [5, 5.41) is 7.93. The monoisotopic (exact) mass is 368 g/mol. The van der Waals surface area contributed by atoms with Crippen molar-refractivity contribution in [2.24, 2.45) is 0 Å². The van der Waals surface area contributed by atoms with Crippen molar-refractivity contribution in [3.8, 4) is 0 Å². The normalized spacial score (nSPS) is 13.1. The lowest BCUT2D eigenvalue weighted by molar-refractivity contribution is 1.32. The molecule has 0 heteroatoms. The summed E-state index contributed by atoms with van der Waals surface area (Å²) < 4.78 is 0. The number of hydrogen-bond acceptors (Lipinski definition) is 0. The van der Waals surface area contributed by atoms with E-state index in [-0.39, 0.29) is 0 Å². The molecule has 0 radical (unpaired) electrons. The Hall–Kier alpha value is -3.64. The minimum atomic E-state index is 1.06. The maximum Gasteiger partial charge on any atom is -0.00879 e. The number of benzene rings is 5. The summed E-state index contributed by atoms with van der Waals surface area (Å²) in [4.78, 5) is 0. The van der Waals surface area contributed by atoms with Gasteiger partial charge in [-0.15, -0.1) is 0 Å². The van der Waals surface area contributed by atoms with Crippen LogP contribution in [0, 0.1) is 0 Å². The van der Waals surface area contributed by atoms with Gasteiger partial charge in [0.2, 0.25) is 0 Å². The van der Waals surface area contributed by atoms with E-state index >= 15 is 0 Å². The molecule has 0 fully saturated rings. The molecule has 0 spiro atoms. The fourth-order valence-corrected chi connectivity index (χ4v) is 4.51. The van der Waals surface area contributed by atoms with Crippen LogP contribution in [0.25, 0.3) is 50.5 Å². The van der Waals surface area contributed by atoms with Crippen molar-refractivity contribution in [1.82, 2.24) is 0 Å². The van der Waals surface area contributed by atoms with Gasteiger partial charge in [0.05, 0.1) is 0 Å². The van der Waals surface area contributed by atoms with E-state index in [0.29, 0.717) is 0 Å². The number of rotatable bonds is 2. The molecule has 1 aliphatic carbocycles. The highest BCUT2D eigenvalue weighted by Crippen LogP contribution is 2.35. The maximum absolute atomic E-state index is 2.35. The third-order valence-electron chi connectivity index (χ3n) is 6.02. The van der Waals surface area contributed by atoms with Crippen LogP contribution in [-0.2, 0) is 6.42 Å². The van der Waals surface area contributed by atoms with Crippen LogP contribution in [0.4, 0.5) is 0 Å². The topological polar surface area (TPSA) is 0 Å². The molecule has 0 heterocycles. The van der Waals surface area contributed by atoms with Crippen molar-refractivity contribution in [1.29, 1.82) is 0 Å². The average Bonchev–Trinajstić information content (AvgIpc) is 3.26. The minimum absolute atomic E-state index is 1.06. The first kappa shape index (κ1) is 16.3. The molecule has 1 aliphatic rings. The van der Waals surface area contributed by atoms with Crippen LogP contribution in [0.1, 0.15) is 22.3 Å².